The molecule has 1 fully saturated rings. The lowest BCUT2D eigenvalue weighted by Crippen LogP contribution is -2.61. The van der Waals surface area contributed by atoms with E-state index < -0.39 is 26.2 Å². The van der Waals surface area contributed by atoms with Crippen molar-refractivity contribution in [3.05, 3.63) is 68.4 Å². The van der Waals surface area contributed by atoms with Crippen molar-refractivity contribution in [1.82, 2.24) is 4.31 Å². The normalized spacial score (nSPS) is 24.5. The van der Waals surface area contributed by atoms with E-state index in [9.17, 15) is 12.8 Å². The summed E-state index contributed by atoms with van der Waals surface area (Å²) in [4.78, 5) is 0. The summed E-state index contributed by atoms with van der Waals surface area (Å²) in [6.07, 6.45) is 0.642. The molecule has 0 aliphatic carbocycles. The van der Waals surface area contributed by atoms with E-state index in [2.05, 4.69) is 6.07 Å². The Kier molecular flexibility index (Phi) is 5.43. The number of rotatable bonds is 4. The van der Waals surface area contributed by atoms with Crippen LogP contribution in [0.3, 0.4) is 0 Å². The Morgan fingerprint density at radius 2 is 1.91 bits per heavy atom. The molecule has 0 aromatic heterocycles. The van der Waals surface area contributed by atoms with Crippen LogP contribution in [-0.4, -0.2) is 37.3 Å². The summed E-state index contributed by atoms with van der Waals surface area (Å²) >= 11 is 13.4. The Hall–Kier alpha value is -1.16. The highest BCUT2D eigenvalue weighted by atomic mass is 35.5. The fraction of sp³-hybridized carbons (Fsp3) is 0.409. The third-order valence-electron chi connectivity index (χ3n) is 6.51. The molecule has 0 saturated carbocycles. The van der Waals surface area contributed by atoms with Crippen LogP contribution in [0, 0.1) is 5.82 Å². The maximum Gasteiger partial charge on any atom is 0.214 e. The van der Waals surface area contributed by atoms with Gasteiger partial charge in [-0.2, -0.15) is 4.31 Å². The molecule has 0 N–H and O–H groups in total. The molecular weight excluding hydrogens is 494 g/mol. The maximum absolute atomic E-state index is 13.9. The van der Waals surface area contributed by atoms with Crippen LogP contribution in [0.2, 0.25) is 10.0 Å². The van der Waals surface area contributed by atoms with Gasteiger partial charge in [0, 0.05) is 19.5 Å². The van der Waals surface area contributed by atoms with E-state index in [1.165, 1.54) is 16.3 Å². The van der Waals surface area contributed by atoms with Crippen molar-refractivity contribution in [2.75, 3.05) is 18.8 Å². The van der Waals surface area contributed by atoms with Crippen LogP contribution in [0.15, 0.2) is 34.7 Å². The molecule has 3 aliphatic rings. The molecule has 170 valence electrons. The molecule has 0 amide bonds. The first-order valence-corrected chi connectivity index (χ1v) is 13.4. The Bertz CT molecular complexity index is 1240. The Labute approximate surface area is 201 Å². The highest BCUT2D eigenvalue weighted by molar-refractivity contribution is 7.99. The molecule has 10 heteroatoms. The summed E-state index contributed by atoms with van der Waals surface area (Å²) < 4.78 is 49.9. The number of sulfonamides is 1. The van der Waals surface area contributed by atoms with E-state index in [0.717, 1.165) is 28.0 Å². The summed E-state index contributed by atoms with van der Waals surface area (Å²) in [5, 5.41) is 0.00441. The van der Waals surface area contributed by atoms with Gasteiger partial charge in [0.15, 0.2) is 5.82 Å². The number of ether oxygens (including phenoxy) is 1. The van der Waals surface area contributed by atoms with Crippen LogP contribution < -0.4 is 0 Å². The number of benzene rings is 2. The number of hydrogen-bond donors (Lipinski definition) is 0. The second kappa shape index (κ2) is 7.68. The zero-order chi connectivity index (χ0) is 22.9. The van der Waals surface area contributed by atoms with Crippen LogP contribution in [0.5, 0.6) is 0 Å². The summed E-state index contributed by atoms with van der Waals surface area (Å²) in [5.74, 6) is -0.519. The molecule has 3 aliphatic heterocycles. The van der Waals surface area contributed by atoms with Gasteiger partial charge in [-0.05, 0) is 66.2 Å². The highest BCUT2D eigenvalue weighted by Crippen LogP contribution is 2.49. The van der Waals surface area contributed by atoms with E-state index in [1.54, 1.807) is 19.1 Å². The second-order valence-electron chi connectivity index (χ2n) is 8.61. The SMILES string of the molecule is CCS(=O)(=O)N1CC2(C1)OCc1cc(C3=NSC(C)(c4cc(Cl)c(F)c(Cl)c4)C3)ccc12. The number of nitrogens with zero attached hydrogens (tertiary/aromatic N) is 2. The summed E-state index contributed by atoms with van der Waals surface area (Å²) in [6, 6.07) is 9.35. The van der Waals surface area contributed by atoms with Crippen molar-refractivity contribution in [3.63, 3.8) is 0 Å². The van der Waals surface area contributed by atoms with Crippen molar-refractivity contribution >= 4 is 50.9 Å². The zero-order valence-electron chi connectivity index (χ0n) is 17.5. The molecule has 5 rings (SSSR count). The lowest BCUT2D eigenvalue weighted by atomic mass is 9.85. The third-order valence-corrected chi connectivity index (χ3v) is 9.93. The molecule has 0 radical (unpaired) electrons. The van der Waals surface area contributed by atoms with Gasteiger partial charge in [-0.3, -0.25) is 0 Å². The van der Waals surface area contributed by atoms with Crippen molar-refractivity contribution < 1.29 is 17.5 Å². The van der Waals surface area contributed by atoms with Gasteiger partial charge in [0.25, 0.3) is 0 Å². The van der Waals surface area contributed by atoms with Crippen molar-refractivity contribution in [3.8, 4) is 0 Å². The minimum absolute atomic E-state index is 0.00221. The van der Waals surface area contributed by atoms with Gasteiger partial charge < -0.3 is 4.74 Å². The standard InChI is InChI=1S/C22H21Cl2FN2O3S2/c1-3-32(28,29)27-11-22(12-27)16-5-4-13(6-14(16)10-30-22)19-9-21(2,31-26-19)15-7-17(23)20(25)18(24)8-15/h4-8H,3,9-12H2,1-2H3. The molecule has 1 spiro atoms. The first-order valence-electron chi connectivity index (χ1n) is 10.2. The van der Waals surface area contributed by atoms with Crippen LogP contribution in [0.1, 0.15) is 42.5 Å². The van der Waals surface area contributed by atoms with Crippen molar-refractivity contribution in [2.45, 2.75) is 37.2 Å². The van der Waals surface area contributed by atoms with Gasteiger partial charge in [-0.15, -0.1) is 0 Å². The van der Waals surface area contributed by atoms with Gasteiger partial charge in [0.2, 0.25) is 10.0 Å². The van der Waals surface area contributed by atoms with Gasteiger partial charge in [0.05, 0.1) is 32.9 Å². The van der Waals surface area contributed by atoms with Gasteiger partial charge >= 0.3 is 0 Å². The zero-order valence-corrected chi connectivity index (χ0v) is 20.6. The van der Waals surface area contributed by atoms with Crippen molar-refractivity contribution in [2.24, 2.45) is 4.40 Å². The van der Waals surface area contributed by atoms with Gasteiger partial charge in [-0.25, -0.2) is 17.2 Å². The average molecular weight is 515 g/mol. The van der Waals surface area contributed by atoms with Crippen molar-refractivity contribution in [1.29, 1.82) is 0 Å². The smallest absolute Gasteiger partial charge is 0.214 e. The van der Waals surface area contributed by atoms with Gasteiger partial charge in [-0.1, -0.05) is 35.3 Å². The number of halogens is 3. The Morgan fingerprint density at radius 3 is 2.56 bits per heavy atom. The van der Waals surface area contributed by atoms with Crippen LogP contribution in [0.4, 0.5) is 4.39 Å². The lowest BCUT2D eigenvalue weighted by Gasteiger charge is -2.46. The summed E-state index contributed by atoms with van der Waals surface area (Å²) in [7, 11) is -3.21. The molecule has 0 bridgehead atoms. The second-order valence-corrected chi connectivity index (χ2v) is 13.0. The molecule has 1 saturated heterocycles. The fourth-order valence-corrected chi connectivity index (χ4v) is 7.07. The minimum Gasteiger partial charge on any atom is -0.363 e. The fourth-order valence-electron chi connectivity index (χ4n) is 4.51. The monoisotopic (exact) mass is 514 g/mol. The van der Waals surface area contributed by atoms with Crippen LogP contribution in [-0.2, 0) is 31.7 Å². The maximum atomic E-state index is 13.9. The Balaban J connectivity index is 1.36. The van der Waals surface area contributed by atoms with Crippen LogP contribution >= 0.6 is 35.1 Å². The largest absolute Gasteiger partial charge is 0.363 e. The molecule has 1 atom stereocenters. The predicted octanol–water partition coefficient (Wildman–Crippen LogP) is 5.28. The molecule has 2 aromatic rings. The molecule has 2 aromatic carbocycles. The topological polar surface area (TPSA) is 59.0 Å². The molecule has 1 unspecified atom stereocenters. The predicted molar refractivity (Wildman–Crippen MR) is 126 cm³/mol. The first kappa shape index (κ1) is 22.6. The summed E-state index contributed by atoms with van der Waals surface area (Å²) in [6.45, 7) is 4.85. The lowest BCUT2D eigenvalue weighted by molar-refractivity contribution is -0.112. The Morgan fingerprint density at radius 1 is 1.22 bits per heavy atom. The van der Waals surface area contributed by atoms with E-state index in [-0.39, 0.29) is 15.8 Å². The van der Waals surface area contributed by atoms with E-state index in [0.29, 0.717) is 26.1 Å². The van der Waals surface area contributed by atoms with E-state index in [4.69, 9.17) is 32.3 Å². The first-order chi connectivity index (χ1) is 15.1. The number of hydrogen-bond acceptors (Lipinski definition) is 5. The quantitative estimate of drug-likeness (QED) is 0.411. The minimum atomic E-state index is -3.21. The van der Waals surface area contributed by atoms with E-state index >= 15 is 0 Å². The van der Waals surface area contributed by atoms with Crippen LogP contribution in [0.25, 0.3) is 0 Å². The molecule has 32 heavy (non-hydrogen) atoms. The highest BCUT2D eigenvalue weighted by Gasteiger charge is 2.53. The van der Waals surface area contributed by atoms with E-state index in [1.807, 2.05) is 19.1 Å². The molecule has 5 nitrogen and oxygen atoms in total. The average Bonchev–Trinajstić information content (AvgIpc) is 3.32. The molecule has 3 heterocycles. The third kappa shape index (κ3) is 3.51. The number of fused-ring (bicyclic) bond motifs is 2. The summed E-state index contributed by atoms with van der Waals surface area (Å²) in [5.41, 5.74) is 4.32. The molecular formula is C22H21Cl2FN2O3S2. The van der Waals surface area contributed by atoms with Gasteiger partial charge in [0.1, 0.15) is 5.60 Å².